The average molecular weight is 275 g/mol. The van der Waals surface area contributed by atoms with Gasteiger partial charge in [-0.3, -0.25) is 4.79 Å². The van der Waals surface area contributed by atoms with Gasteiger partial charge in [0.2, 0.25) is 0 Å². The fourth-order valence-electron chi connectivity index (χ4n) is 1.69. The molecule has 0 fully saturated rings. The molecule has 0 aliphatic rings. The van der Waals surface area contributed by atoms with Crippen LogP contribution in [0.2, 0.25) is 0 Å². The van der Waals surface area contributed by atoms with Crippen LogP contribution in [0, 0.1) is 0 Å². The van der Waals surface area contributed by atoms with E-state index >= 15 is 0 Å². The van der Waals surface area contributed by atoms with Crippen molar-refractivity contribution in [3.05, 3.63) is 48.4 Å². The minimum absolute atomic E-state index is 0.215. The molecule has 1 atom stereocenters. The number of furan rings is 1. The molecule has 1 aromatic heterocycles. The Balaban J connectivity index is 1.90. The van der Waals surface area contributed by atoms with Crippen molar-refractivity contribution in [2.45, 2.75) is 19.6 Å². The number of rotatable bonds is 6. The molecule has 0 radical (unpaired) electrons. The molecule has 0 unspecified atom stereocenters. The number of hydrogen-bond acceptors (Lipinski definition) is 4. The van der Waals surface area contributed by atoms with Gasteiger partial charge in [-0.05, 0) is 31.2 Å². The molecule has 20 heavy (non-hydrogen) atoms. The predicted molar refractivity (Wildman–Crippen MR) is 73.6 cm³/mol. The molecule has 0 bridgehead atoms. The molecule has 0 saturated heterocycles. The van der Waals surface area contributed by atoms with E-state index in [9.17, 15) is 4.79 Å². The molecule has 0 spiro atoms. The number of benzene rings is 1. The summed E-state index contributed by atoms with van der Waals surface area (Å²) in [6.45, 7) is 2.02. The van der Waals surface area contributed by atoms with Crippen molar-refractivity contribution in [1.82, 2.24) is 5.32 Å². The van der Waals surface area contributed by atoms with E-state index in [1.54, 1.807) is 44.6 Å². The second-order valence-corrected chi connectivity index (χ2v) is 4.21. The Labute approximate surface area is 117 Å². The van der Waals surface area contributed by atoms with Crippen molar-refractivity contribution in [2.24, 2.45) is 0 Å². The first-order valence-corrected chi connectivity index (χ1v) is 6.30. The average Bonchev–Trinajstić information content (AvgIpc) is 2.98. The lowest BCUT2D eigenvalue weighted by Crippen LogP contribution is -2.35. The summed E-state index contributed by atoms with van der Waals surface area (Å²) in [4.78, 5) is 11.9. The van der Waals surface area contributed by atoms with E-state index in [4.69, 9.17) is 13.9 Å². The highest BCUT2D eigenvalue weighted by Crippen LogP contribution is 2.26. The van der Waals surface area contributed by atoms with Gasteiger partial charge in [0.15, 0.2) is 17.6 Å². The number of para-hydroxylation sites is 2. The van der Waals surface area contributed by atoms with Crippen LogP contribution in [0.1, 0.15) is 12.7 Å². The van der Waals surface area contributed by atoms with Gasteiger partial charge < -0.3 is 19.2 Å². The molecule has 0 saturated carbocycles. The Morgan fingerprint density at radius 3 is 2.65 bits per heavy atom. The first-order valence-electron chi connectivity index (χ1n) is 6.30. The van der Waals surface area contributed by atoms with Crippen LogP contribution in [-0.4, -0.2) is 19.1 Å². The van der Waals surface area contributed by atoms with Gasteiger partial charge in [0.25, 0.3) is 5.91 Å². The number of ether oxygens (including phenoxy) is 2. The molecular weight excluding hydrogens is 258 g/mol. The summed E-state index contributed by atoms with van der Waals surface area (Å²) in [5.74, 6) is 1.61. The highest BCUT2D eigenvalue weighted by Gasteiger charge is 2.16. The van der Waals surface area contributed by atoms with E-state index in [-0.39, 0.29) is 5.91 Å². The number of methoxy groups -OCH3 is 1. The molecule has 0 aliphatic heterocycles. The third-order valence-corrected chi connectivity index (χ3v) is 2.76. The Bertz CT molecular complexity index is 551. The Kier molecular flexibility index (Phi) is 4.65. The highest BCUT2D eigenvalue weighted by atomic mass is 16.5. The van der Waals surface area contributed by atoms with E-state index in [1.165, 1.54) is 0 Å². The van der Waals surface area contributed by atoms with Crippen LogP contribution in [0.3, 0.4) is 0 Å². The molecule has 1 amide bonds. The number of amides is 1. The molecule has 2 rings (SSSR count). The van der Waals surface area contributed by atoms with Gasteiger partial charge in [-0.25, -0.2) is 0 Å². The summed E-state index contributed by atoms with van der Waals surface area (Å²) >= 11 is 0. The van der Waals surface area contributed by atoms with E-state index < -0.39 is 6.10 Å². The maximum Gasteiger partial charge on any atom is 0.261 e. The van der Waals surface area contributed by atoms with Gasteiger partial charge in [-0.1, -0.05) is 12.1 Å². The number of carbonyl (C=O) groups excluding carboxylic acids is 1. The number of nitrogens with one attached hydrogen (secondary N) is 1. The lowest BCUT2D eigenvalue weighted by atomic mass is 10.3. The van der Waals surface area contributed by atoms with Crippen LogP contribution in [0.15, 0.2) is 47.1 Å². The summed E-state index contributed by atoms with van der Waals surface area (Å²) in [5.41, 5.74) is 0. The normalized spacial score (nSPS) is 11.7. The lowest BCUT2D eigenvalue weighted by Gasteiger charge is -2.16. The summed E-state index contributed by atoms with van der Waals surface area (Å²) < 4.78 is 15.9. The van der Waals surface area contributed by atoms with Gasteiger partial charge in [0, 0.05) is 0 Å². The fraction of sp³-hybridized carbons (Fsp3) is 0.267. The molecule has 2 aromatic rings. The van der Waals surface area contributed by atoms with Crippen LogP contribution in [-0.2, 0) is 11.3 Å². The predicted octanol–water partition coefficient (Wildman–Crippen LogP) is 2.37. The second-order valence-electron chi connectivity index (χ2n) is 4.21. The van der Waals surface area contributed by atoms with Crippen LogP contribution >= 0.6 is 0 Å². The zero-order valence-electron chi connectivity index (χ0n) is 11.5. The standard InChI is InChI=1S/C15H17NO4/c1-11(15(17)16-10-12-6-5-9-19-12)20-14-8-4-3-7-13(14)18-2/h3-9,11H,10H2,1-2H3,(H,16,17)/t11-/m1/s1. The zero-order chi connectivity index (χ0) is 14.4. The first-order chi connectivity index (χ1) is 9.70. The first kappa shape index (κ1) is 14.0. The highest BCUT2D eigenvalue weighted by molar-refractivity contribution is 5.80. The monoisotopic (exact) mass is 275 g/mol. The quantitative estimate of drug-likeness (QED) is 0.879. The number of carbonyl (C=O) groups is 1. The van der Waals surface area contributed by atoms with Crippen molar-refractivity contribution in [3.63, 3.8) is 0 Å². The molecule has 106 valence electrons. The van der Waals surface area contributed by atoms with Crippen LogP contribution in [0.4, 0.5) is 0 Å². The zero-order valence-corrected chi connectivity index (χ0v) is 11.5. The van der Waals surface area contributed by atoms with Gasteiger partial charge in [0.1, 0.15) is 5.76 Å². The molecule has 5 heteroatoms. The molecule has 1 heterocycles. The smallest absolute Gasteiger partial charge is 0.261 e. The molecule has 1 aromatic carbocycles. The van der Waals surface area contributed by atoms with Crippen molar-refractivity contribution in [3.8, 4) is 11.5 Å². The minimum atomic E-state index is -0.624. The van der Waals surface area contributed by atoms with Gasteiger partial charge in [0.05, 0.1) is 19.9 Å². The second kappa shape index (κ2) is 6.65. The largest absolute Gasteiger partial charge is 0.493 e. The molecule has 1 N–H and O–H groups in total. The van der Waals surface area contributed by atoms with E-state index in [1.807, 2.05) is 12.1 Å². The minimum Gasteiger partial charge on any atom is -0.493 e. The maximum atomic E-state index is 11.9. The summed E-state index contributed by atoms with van der Waals surface area (Å²) in [6.07, 6.45) is 0.942. The Hall–Kier alpha value is -2.43. The van der Waals surface area contributed by atoms with Crippen molar-refractivity contribution < 1.29 is 18.7 Å². The van der Waals surface area contributed by atoms with Crippen molar-refractivity contribution >= 4 is 5.91 Å². The Morgan fingerprint density at radius 1 is 1.25 bits per heavy atom. The lowest BCUT2D eigenvalue weighted by molar-refractivity contribution is -0.127. The van der Waals surface area contributed by atoms with E-state index in [0.29, 0.717) is 23.8 Å². The van der Waals surface area contributed by atoms with Gasteiger partial charge >= 0.3 is 0 Å². The van der Waals surface area contributed by atoms with Crippen molar-refractivity contribution in [1.29, 1.82) is 0 Å². The molecule has 0 aliphatic carbocycles. The maximum absolute atomic E-state index is 11.9. The summed E-state index contributed by atoms with van der Waals surface area (Å²) in [7, 11) is 1.56. The fourth-order valence-corrected chi connectivity index (χ4v) is 1.69. The molecule has 5 nitrogen and oxygen atoms in total. The van der Waals surface area contributed by atoms with E-state index in [0.717, 1.165) is 0 Å². The summed E-state index contributed by atoms with van der Waals surface area (Å²) in [5, 5.41) is 2.74. The van der Waals surface area contributed by atoms with Crippen LogP contribution in [0.25, 0.3) is 0 Å². The number of hydrogen-bond donors (Lipinski definition) is 1. The van der Waals surface area contributed by atoms with Crippen molar-refractivity contribution in [2.75, 3.05) is 7.11 Å². The molecular formula is C15H17NO4. The van der Waals surface area contributed by atoms with Crippen LogP contribution < -0.4 is 14.8 Å². The topological polar surface area (TPSA) is 60.7 Å². The van der Waals surface area contributed by atoms with Gasteiger partial charge in [-0.15, -0.1) is 0 Å². The van der Waals surface area contributed by atoms with Crippen LogP contribution in [0.5, 0.6) is 11.5 Å². The Morgan fingerprint density at radius 2 is 2.00 bits per heavy atom. The van der Waals surface area contributed by atoms with Gasteiger partial charge in [-0.2, -0.15) is 0 Å². The SMILES string of the molecule is COc1ccccc1O[C@H](C)C(=O)NCc1ccco1. The van der Waals surface area contributed by atoms with E-state index in [2.05, 4.69) is 5.32 Å². The summed E-state index contributed by atoms with van der Waals surface area (Å²) in [6, 6.07) is 10.8. The third kappa shape index (κ3) is 3.54. The third-order valence-electron chi connectivity index (χ3n) is 2.76.